The zero-order valence-electron chi connectivity index (χ0n) is 18.8. The fourth-order valence-corrected chi connectivity index (χ4v) is 4.61. The van der Waals surface area contributed by atoms with Gasteiger partial charge in [0.15, 0.2) is 0 Å². The molecule has 3 unspecified atom stereocenters. The zero-order chi connectivity index (χ0) is 14.9. The molecule has 1 heteroatoms. The molecule has 0 aromatic rings. The molecule has 3 atom stereocenters. The van der Waals surface area contributed by atoms with Gasteiger partial charge in [0, 0.05) is 0 Å². The molecule has 0 saturated heterocycles. The summed E-state index contributed by atoms with van der Waals surface area (Å²) in [7, 11) is 0. The number of hydrogen-bond acceptors (Lipinski definition) is 0. The summed E-state index contributed by atoms with van der Waals surface area (Å²) < 4.78 is 0. The average Bonchev–Trinajstić information content (AvgIpc) is 2.92. The molecular formula is C25H50Zr. The van der Waals surface area contributed by atoms with Gasteiger partial charge in [0.2, 0.25) is 0 Å². The van der Waals surface area contributed by atoms with E-state index in [1.807, 2.05) is 0 Å². The number of allylic oxidation sites excluding steroid dienone is 4. The van der Waals surface area contributed by atoms with Crippen LogP contribution >= 0.6 is 0 Å². The van der Waals surface area contributed by atoms with Gasteiger partial charge in [-0.1, -0.05) is 73.3 Å². The van der Waals surface area contributed by atoms with Crippen molar-refractivity contribution >= 4 is 0 Å². The summed E-state index contributed by atoms with van der Waals surface area (Å²) in [5, 5.41) is 0. The molecule has 0 amide bonds. The molecule has 2 fully saturated rings. The maximum absolute atomic E-state index is 2.40. The molecule has 3 rings (SSSR count). The van der Waals surface area contributed by atoms with E-state index in [4.69, 9.17) is 0 Å². The predicted molar refractivity (Wildman–Crippen MR) is 122 cm³/mol. The van der Waals surface area contributed by atoms with Crippen molar-refractivity contribution in [3.05, 3.63) is 54.0 Å². The van der Waals surface area contributed by atoms with E-state index in [1.165, 1.54) is 12.8 Å². The van der Waals surface area contributed by atoms with Crippen molar-refractivity contribution in [1.29, 1.82) is 0 Å². The van der Waals surface area contributed by atoms with Gasteiger partial charge in [-0.25, -0.2) is 0 Å². The van der Waals surface area contributed by atoms with Crippen LogP contribution in [0.1, 0.15) is 61.8 Å². The van der Waals surface area contributed by atoms with Gasteiger partial charge in [0.25, 0.3) is 0 Å². The van der Waals surface area contributed by atoms with E-state index in [9.17, 15) is 0 Å². The van der Waals surface area contributed by atoms with Crippen LogP contribution in [0.15, 0.2) is 24.3 Å². The molecular weight excluding hydrogens is 391 g/mol. The molecule has 2 saturated carbocycles. The Balaban J connectivity index is -0.0000000919. The minimum atomic E-state index is 0. The average molecular weight is 442 g/mol. The summed E-state index contributed by atoms with van der Waals surface area (Å²) in [6.07, 6.45) is 12.0. The van der Waals surface area contributed by atoms with Crippen molar-refractivity contribution in [3.8, 4) is 0 Å². The van der Waals surface area contributed by atoms with Crippen molar-refractivity contribution in [2.24, 2.45) is 47.3 Å². The summed E-state index contributed by atoms with van der Waals surface area (Å²) in [5.74, 6) is 7.34. The van der Waals surface area contributed by atoms with Crippen molar-refractivity contribution in [3.63, 3.8) is 0 Å². The van der Waals surface area contributed by atoms with Gasteiger partial charge >= 0.3 is 26.2 Å². The molecule has 154 valence electrons. The Bertz CT molecular complexity index is 326. The van der Waals surface area contributed by atoms with E-state index >= 15 is 0 Å². The molecule has 0 nitrogen and oxygen atoms in total. The smallest absolute Gasteiger partial charge is 0.358 e. The molecule has 0 aliphatic heterocycles. The first-order chi connectivity index (χ1) is 9.43. The molecule has 26 heavy (non-hydrogen) atoms. The van der Waals surface area contributed by atoms with Gasteiger partial charge in [-0.05, 0) is 60.2 Å². The summed E-state index contributed by atoms with van der Waals surface area (Å²) >= 11 is 0. The molecule has 0 spiro atoms. The summed E-state index contributed by atoms with van der Waals surface area (Å²) in [5.41, 5.74) is 0. The van der Waals surface area contributed by atoms with Crippen LogP contribution in [0, 0.1) is 77.0 Å². The number of rotatable bonds is 0. The van der Waals surface area contributed by atoms with Crippen LogP contribution in [0.4, 0.5) is 0 Å². The quantitative estimate of drug-likeness (QED) is 0.331. The van der Waals surface area contributed by atoms with Gasteiger partial charge in [-0.3, -0.25) is 0 Å². The van der Waals surface area contributed by atoms with E-state index < -0.39 is 0 Å². The van der Waals surface area contributed by atoms with E-state index in [0.717, 1.165) is 47.3 Å². The molecule has 0 heterocycles. The summed E-state index contributed by atoms with van der Waals surface area (Å²) in [6, 6.07) is 0. The second-order valence-electron chi connectivity index (χ2n) is 7.86. The van der Waals surface area contributed by atoms with Crippen LogP contribution in [-0.4, -0.2) is 0 Å². The minimum Gasteiger partial charge on any atom is -0.358 e. The summed E-state index contributed by atoms with van der Waals surface area (Å²) in [4.78, 5) is 0. The van der Waals surface area contributed by atoms with Crippen LogP contribution in [0.2, 0.25) is 0 Å². The van der Waals surface area contributed by atoms with E-state index in [-0.39, 0.29) is 63.3 Å². The Morgan fingerprint density at radius 1 is 0.577 bits per heavy atom. The molecule has 0 bridgehead atoms. The third-order valence-electron chi connectivity index (χ3n) is 7.06. The SMILES string of the molecule is C.CC1C(C)C(C)C(C)C1C.CC1CCC2C=CC=CC12.[CH3-].[CH3-].[CH3-].[CH3-].[Zr+4]. The van der Waals surface area contributed by atoms with Gasteiger partial charge in [-0.15, -0.1) is 0 Å². The Labute approximate surface area is 188 Å². The van der Waals surface area contributed by atoms with E-state index in [2.05, 4.69) is 65.8 Å². The van der Waals surface area contributed by atoms with Crippen LogP contribution < -0.4 is 0 Å². The van der Waals surface area contributed by atoms with Crippen LogP contribution in [0.3, 0.4) is 0 Å². The van der Waals surface area contributed by atoms with Crippen molar-refractivity contribution in [2.75, 3.05) is 0 Å². The molecule has 0 N–H and O–H groups in total. The van der Waals surface area contributed by atoms with Gasteiger partial charge in [-0.2, -0.15) is 0 Å². The maximum atomic E-state index is 2.40. The number of fused-ring (bicyclic) bond motifs is 1. The second-order valence-corrected chi connectivity index (χ2v) is 7.86. The Morgan fingerprint density at radius 3 is 1.27 bits per heavy atom. The van der Waals surface area contributed by atoms with E-state index in [0.29, 0.717) is 0 Å². The van der Waals surface area contributed by atoms with Gasteiger partial charge < -0.3 is 29.7 Å². The molecule has 3 aliphatic carbocycles. The first kappa shape index (κ1) is 37.2. The minimum absolute atomic E-state index is 0. The van der Waals surface area contributed by atoms with Crippen LogP contribution in [0.5, 0.6) is 0 Å². The van der Waals surface area contributed by atoms with Crippen molar-refractivity contribution in [1.82, 2.24) is 0 Å². The van der Waals surface area contributed by atoms with Gasteiger partial charge in [0.1, 0.15) is 0 Å². The van der Waals surface area contributed by atoms with Crippen LogP contribution in [0.25, 0.3) is 0 Å². The molecule has 0 radical (unpaired) electrons. The van der Waals surface area contributed by atoms with Gasteiger partial charge in [0.05, 0.1) is 0 Å². The Hall–Kier alpha value is 0.363. The molecule has 0 aromatic carbocycles. The summed E-state index contributed by atoms with van der Waals surface area (Å²) in [6.45, 7) is 14.4. The van der Waals surface area contributed by atoms with Crippen molar-refractivity contribution in [2.45, 2.75) is 61.8 Å². The predicted octanol–water partition coefficient (Wildman–Crippen LogP) is 8.39. The van der Waals surface area contributed by atoms with E-state index in [1.54, 1.807) is 0 Å². The molecule has 0 aromatic heterocycles. The normalized spacial score (nSPS) is 38.2. The van der Waals surface area contributed by atoms with Crippen molar-refractivity contribution < 1.29 is 26.2 Å². The third kappa shape index (κ3) is 8.16. The standard InChI is InChI=1S/C10H14.C10H20.CH4.4CH3.Zr/c1-8-6-7-9-4-2-3-5-10(8)9;1-6-7(2)9(4)10(5)8(6)3;;;;;;/h2-5,8-10H,6-7H2,1H3;6-10H,1-5H3;1H4;4*1H3;/q;;;4*-1;+4. The topological polar surface area (TPSA) is 0 Å². The van der Waals surface area contributed by atoms with Crippen LogP contribution in [-0.2, 0) is 26.2 Å². The first-order valence-electron chi connectivity index (χ1n) is 8.78. The molecule has 3 aliphatic rings. The monoisotopic (exact) mass is 440 g/mol. The Morgan fingerprint density at radius 2 is 0.923 bits per heavy atom. The fraction of sp³-hybridized carbons (Fsp3) is 0.680. The zero-order valence-corrected chi connectivity index (χ0v) is 21.3. The number of hydrogen-bond donors (Lipinski definition) is 0. The maximum Gasteiger partial charge on any atom is 4.00 e. The first-order valence-corrected chi connectivity index (χ1v) is 8.78. The fourth-order valence-electron chi connectivity index (χ4n) is 4.61. The third-order valence-corrected chi connectivity index (χ3v) is 7.06. The Kier molecular flexibility index (Phi) is 23.3. The second kappa shape index (κ2) is 16.3. The largest absolute Gasteiger partial charge is 4.00 e.